The van der Waals surface area contributed by atoms with Gasteiger partial charge in [0.1, 0.15) is 17.0 Å². The standard InChI is InChI=1S/C26H27N7O3/c1-3-31-15-20(22(34)19-8-4-16(2)28-24(19)31)26(35)33-12-10-32(11-13-33)21-9-7-18(14-27-21)23-29-25(36-30-23)17-5-6-17/h4,7-9,14-15,17H,3,5-6,10-13H2,1-2H3. The number of pyridine rings is 3. The van der Waals surface area contributed by atoms with Gasteiger partial charge in [-0.25, -0.2) is 9.97 Å². The zero-order valence-electron chi connectivity index (χ0n) is 20.3. The molecule has 4 aromatic rings. The summed E-state index contributed by atoms with van der Waals surface area (Å²) in [6.07, 6.45) is 5.63. The minimum atomic E-state index is -0.266. The summed E-state index contributed by atoms with van der Waals surface area (Å²) in [5.74, 6) is 2.27. The minimum Gasteiger partial charge on any atom is -0.353 e. The average Bonchev–Trinajstić information content (AvgIpc) is 3.65. The van der Waals surface area contributed by atoms with Gasteiger partial charge >= 0.3 is 0 Å². The van der Waals surface area contributed by atoms with Crippen LogP contribution in [0.2, 0.25) is 0 Å². The molecular formula is C26H27N7O3. The number of hydrogen-bond acceptors (Lipinski definition) is 8. The fraction of sp³-hybridized carbons (Fsp3) is 0.385. The summed E-state index contributed by atoms with van der Waals surface area (Å²) in [6.45, 7) is 6.76. The summed E-state index contributed by atoms with van der Waals surface area (Å²) in [4.78, 5) is 43.9. The first-order chi connectivity index (χ1) is 17.5. The molecule has 2 fully saturated rings. The van der Waals surface area contributed by atoms with E-state index in [4.69, 9.17) is 4.52 Å². The number of anilines is 1. The van der Waals surface area contributed by atoms with Crippen molar-refractivity contribution < 1.29 is 9.32 Å². The predicted molar refractivity (Wildman–Crippen MR) is 134 cm³/mol. The van der Waals surface area contributed by atoms with Gasteiger partial charge in [-0.2, -0.15) is 4.98 Å². The maximum atomic E-state index is 13.3. The molecule has 1 saturated heterocycles. The summed E-state index contributed by atoms with van der Waals surface area (Å²) >= 11 is 0. The smallest absolute Gasteiger partial charge is 0.259 e. The number of carbonyl (C=O) groups is 1. The first-order valence-corrected chi connectivity index (χ1v) is 12.4. The molecule has 1 amide bonds. The number of carbonyl (C=O) groups excluding carboxylic acids is 1. The van der Waals surface area contributed by atoms with Crippen molar-refractivity contribution in [2.75, 3.05) is 31.1 Å². The molecule has 10 nitrogen and oxygen atoms in total. The Bertz CT molecular complexity index is 1500. The van der Waals surface area contributed by atoms with Crippen LogP contribution in [0.5, 0.6) is 0 Å². The number of piperazine rings is 1. The molecule has 0 radical (unpaired) electrons. The van der Waals surface area contributed by atoms with E-state index in [2.05, 4.69) is 25.0 Å². The number of amides is 1. The van der Waals surface area contributed by atoms with Crippen molar-refractivity contribution in [3.8, 4) is 11.4 Å². The van der Waals surface area contributed by atoms with Crippen molar-refractivity contribution in [2.45, 2.75) is 39.2 Å². The van der Waals surface area contributed by atoms with Gasteiger partial charge in [0.25, 0.3) is 5.91 Å². The molecule has 6 rings (SSSR count). The van der Waals surface area contributed by atoms with Crippen molar-refractivity contribution in [1.82, 2.24) is 29.6 Å². The maximum Gasteiger partial charge on any atom is 0.259 e. The van der Waals surface area contributed by atoms with Crippen LogP contribution in [-0.2, 0) is 6.54 Å². The molecule has 4 aromatic heterocycles. The molecule has 184 valence electrons. The SMILES string of the molecule is CCn1cc(C(=O)N2CCN(c3ccc(-c4noc(C5CC5)n4)cn3)CC2)c(=O)c2ccc(C)nc21. The largest absolute Gasteiger partial charge is 0.353 e. The van der Waals surface area contributed by atoms with Gasteiger partial charge in [-0.05, 0) is 51.0 Å². The molecule has 0 atom stereocenters. The zero-order valence-corrected chi connectivity index (χ0v) is 20.3. The van der Waals surface area contributed by atoms with Crippen molar-refractivity contribution in [3.63, 3.8) is 0 Å². The highest BCUT2D eigenvalue weighted by Crippen LogP contribution is 2.39. The molecule has 0 unspecified atom stereocenters. The van der Waals surface area contributed by atoms with Crippen LogP contribution in [0.3, 0.4) is 0 Å². The van der Waals surface area contributed by atoms with Crippen LogP contribution in [0.15, 0.2) is 46.0 Å². The Morgan fingerprint density at radius 1 is 1.08 bits per heavy atom. The molecule has 2 aliphatic rings. The average molecular weight is 486 g/mol. The molecular weight excluding hydrogens is 458 g/mol. The molecule has 5 heterocycles. The third-order valence-electron chi connectivity index (χ3n) is 6.90. The molecule has 0 spiro atoms. The highest BCUT2D eigenvalue weighted by molar-refractivity contribution is 5.97. The van der Waals surface area contributed by atoms with Crippen LogP contribution >= 0.6 is 0 Å². The second-order valence-electron chi connectivity index (χ2n) is 9.40. The number of hydrogen-bond donors (Lipinski definition) is 0. The molecule has 1 aliphatic carbocycles. The first kappa shape index (κ1) is 22.4. The lowest BCUT2D eigenvalue weighted by Crippen LogP contribution is -2.49. The Kier molecular flexibility index (Phi) is 5.50. The summed E-state index contributed by atoms with van der Waals surface area (Å²) < 4.78 is 7.22. The molecule has 0 bridgehead atoms. The molecule has 0 aromatic carbocycles. The number of fused-ring (bicyclic) bond motifs is 1. The monoisotopic (exact) mass is 485 g/mol. The Hall–Kier alpha value is -4.08. The number of aryl methyl sites for hydroxylation is 2. The van der Waals surface area contributed by atoms with Crippen molar-refractivity contribution in [2.24, 2.45) is 0 Å². The molecule has 1 aliphatic heterocycles. The zero-order chi connectivity index (χ0) is 24.8. The Morgan fingerprint density at radius 3 is 2.58 bits per heavy atom. The highest BCUT2D eigenvalue weighted by Gasteiger charge is 2.30. The van der Waals surface area contributed by atoms with Gasteiger partial charge in [0.05, 0.1) is 5.39 Å². The summed E-state index contributed by atoms with van der Waals surface area (Å²) in [6, 6.07) is 7.45. The minimum absolute atomic E-state index is 0.191. The van der Waals surface area contributed by atoms with E-state index in [1.54, 1.807) is 29.4 Å². The van der Waals surface area contributed by atoms with Gasteiger partial charge in [0.15, 0.2) is 0 Å². The lowest BCUT2D eigenvalue weighted by atomic mass is 10.1. The van der Waals surface area contributed by atoms with Gasteiger partial charge < -0.3 is 18.9 Å². The third-order valence-corrected chi connectivity index (χ3v) is 6.90. The van der Waals surface area contributed by atoms with Crippen molar-refractivity contribution in [3.05, 3.63) is 64.0 Å². The van der Waals surface area contributed by atoms with Crippen molar-refractivity contribution in [1.29, 1.82) is 0 Å². The molecule has 36 heavy (non-hydrogen) atoms. The normalized spacial score (nSPS) is 16.1. The fourth-order valence-electron chi connectivity index (χ4n) is 4.62. The summed E-state index contributed by atoms with van der Waals surface area (Å²) in [5.41, 5.74) is 2.19. The third kappa shape index (κ3) is 4.02. The van der Waals surface area contributed by atoms with E-state index in [-0.39, 0.29) is 16.9 Å². The molecule has 10 heteroatoms. The van der Waals surface area contributed by atoms with Gasteiger partial charge in [-0.3, -0.25) is 9.59 Å². The van der Waals surface area contributed by atoms with E-state index in [0.717, 1.165) is 29.9 Å². The van der Waals surface area contributed by atoms with Crippen LogP contribution in [0.25, 0.3) is 22.4 Å². The van der Waals surface area contributed by atoms with Crippen LogP contribution in [0, 0.1) is 6.92 Å². The Morgan fingerprint density at radius 2 is 1.89 bits per heavy atom. The lowest BCUT2D eigenvalue weighted by molar-refractivity contribution is 0.0744. The van der Waals surface area contributed by atoms with Gasteiger partial charge in [-0.15, -0.1) is 0 Å². The van der Waals surface area contributed by atoms with Crippen LogP contribution in [-0.4, -0.2) is 61.7 Å². The predicted octanol–water partition coefficient (Wildman–Crippen LogP) is 3.01. The van der Waals surface area contributed by atoms with Crippen LogP contribution in [0.1, 0.15) is 47.6 Å². The fourth-order valence-corrected chi connectivity index (χ4v) is 4.62. The van der Waals surface area contributed by atoms with Gasteiger partial charge in [0, 0.05) is 62.3 Å². The van der Waals surface area contributed by atoms with E-state index in [0.29, 0.717) is 61.4 Å². The van der Waals surface area contributed by atoms with Crippen molar-refractivity contribution >= 4 is 22.8 Å². The van der Waals surface area contributed by atoms with E-state index >= 15 is 0 Å². The second-order valence-corrected chi connectivity index (χ2v) is 9.40. The van der Waals surface area contributed by atoms with Gasteiger partial charge in [0.2, 0.25) is 17.1 Å². The van der Waals surface area contributed by atoms with E-state index in [1.165, 1.54) is 0 Å². The topological polar surface area (TPSA) is 110 Å². The number of nitrogens with zero attached hydrogens (tertiary/aromatic N) is 7. The van der Waals surface area contributed by atoms with Crippen LogP contribution in [0.4, 0.5) is 5.82 Å². The molecule has 1 saturated carbocycles. The van der Waals surface area contributed by atoms with Gasteiger partial charge in [-0.1, -0.05) is 5.16 Å². The lowest BCUT2D eigenvalue weighted by Gasteiger charge is -2.35. The molecule has 0 N–H and O–H groups in total. The second kappa shape index (κ2) is 8.85. The Labute approximate surface area is 207 Å². The van der Waals surface area contributed by atoms with Crippen LogP contribution < -0.4 is 10.3 Å². The maximum absolute atomic E-state index is 13.3. The van der Waals surface area contributed by atoms with E-state index in [9.17, 15) is 9.59 Å². The Balaban J connectivity index is 1.15. The summed E-state index contributed by atoms with van der Waals surface area (Å²) in [5, 5.41) is 4.55. The number of rotatable bonds is 5. The number of aromatic nitrogens is 5. The van der Waals surface area contributed by atoms with E-state index in [1.807, 2.05) is 30.5 Å². The first-order valence-electron chi connectivity index (χ1n) is 12.4. The summed E-state index contributed by atoms with van der Waals surface area (Å²) in [7, 11) is 0. The highest BCUT2D eigenvalue weighted by atomic mass is 16.5. The quantitative estimate of drug-likeness (QED) is 0.424. The van der Waals surface area contributed by atoms with E-state index < -0.39 is 0 Å².